The van der Waals surface area contributed by atoms with E-state index in [0.717, 1.165) is 5.88 Å². The molecule has 3 nitrogen and oxygen atoms in total. The molecule has 8 heavy (non-hydrogen) atoms. The molecule has 0 bridgehead atoms. The van der Waals surface area contributed by atoms with Crippen molar-refractivity contribution in [1.82, 2.24) is 9.21 Å². The van der Waals surface area contributed by atoms with Gasteiger partial charge >= 0.3 is 6.03 Å². The lowest BCUT2D eigenvalue weighted by Gasteiger charge is -2.05. The van der Waals surface area contributed by atoms with Crippen molar-refractivity contribution in [2.24, 2.45) is 0 Å². The normalized spacial score (nSPS) is 20.5. The zero-order valence-electron chi connectivity index (χ0n) is 4.92. The first-order chi connectivity index (χ1) is 3.72. The molecule has 0 saturated carbocycles. The van der Waals surface area contributed by atoms with Crippen LogP contribution in [-0.4, -0.2) is 35.2 Å². The molecule has 0 aliphatic carbocycles. The molecule has 1 aliphatic heterocycles. The second-order valence-corrected chi connectivity index (χ2v) is 2.80. The van der Waals surface area contributed by atoms with Crippen molar-refractivity contribution >= 4 is 18.0 Å². The number of urea groups is 1. The fourth-order valence-corrected chi connectivity index (χ4v) is 1.23. The molecule has 1 saturated heterocycles. The highest BCUT2D eigenvalue weighted by Gasteiger charge is 2.21. The highest BCUT2D eigenvalue weighted by Crippen LogP contribution is 2.18. The van der Waals surface area contributed by atoms with Crippen LogP contribution in [0.3, 0.4) is 0 Å². The molecular formula is C4H8N2OS. The molecule has 0 aromatic rings. The monoisotopic (exact) mass is 132 g/mol. The topological polar surface area (TPSA) is 23.6 Å². The molecule has 0 atom stereocenters. The lowest BCUT2D eigenvalue weighted by Crippen LogP contribution is -2.24. The number of carbonyl (C=O) groups excluding carboxylic acids is 1. The van der Waals surface area contributed by atoms with Gasteiger partial charge in [0.05, 0.1) is 5.88 Å². The number of nitrogens with zero attached hydrogens (tertiary/aromatic N) is 2. The molecule has 1 rings (SSSR count). The minimum absolute atomic E-state index is 0.0926. The molecule has 0 spiro atoms. The van der Waals surface area contributed by atoms with Crippen molar-refractivity contribution in [3.8, 4) is 0 Å². The lowest BCUT2D eigenvalue weighted by atomic mass is 10.8. The number of hydrogen-bond acceptors (Lipinski definition) is 2. The van der Waals surface area contributed by atoms with E-state index in [2.05, 4.69) is 0 Å². The van der Waals surface area contributed by atoms with Crippen molar-refractivity contribution < 1.29 is 4.79 Å². The molecule has 0 N–H and O–H groups in total. The van der Waals surface area contributed by atoms with Gasteiger partial charge in [0.1, 0.15) is 0 Å². The molecule has 0 radical (unpaired) electrons. The van der Waals surface area contributed by atoms with Crippen LogP contribution in [0.1, 0.15) is 0 Å². The Kier molecular flexibility index (Phi) is 1.33. The van der Waals surface area contributed by atoms with Gasteiger partial charge in [-0.2, -0.15) is 0 Å². The van der Waals surface area contributed by atoms with Gasteiger partial charge in [-0.05, 0) is 11.9 Å². The maximum absolute atomic E-state index is 10.7. The summed E-state index contributed by atoms with van der Waals surface area (Å²) in [6.45, 7) is 0. The van der Waals surface area contributed by atoms with Gasteiger partial charge in [0.2, 0.25) is 0 Å². The summed E-state index contributed by atoms with van der Waals surface area (Å²) in [7, 11) is 3.56. The van der Waals surface area contributed by atoms with E-state index < -0.39 is 0 Å². The fourth-order valence-electron chi connectivity index (χ4n) is 0.524. The first-order valence-electron chi connectivity index (χ1n) is 2.33. The van der Waals surface area contributed by atoms with Gasteiger partial charge in [0, 0.05) is 14.1 Å². The second kappa shape index (κ2) is 1.85. The number of hydrogen-bond donors (Lipinski definition) is 0. The third kappa shape index (κ3) is 0.753. The first kappa shape index (κ1) is 5.75. The van der Waals surface area contributed by atoms with E-state index in [0.29, 0.717) is 0 Å². The number of amides is 2. The first-order valence-corrected chi connectivity index (χ1v) is 3.28. The molecular weight excluding hydrogens is 124 g/mol. The van der Waals surface area contributed by atoms with Crippen LogP contribution >= 0.6 is 11.9 Å². The molecule has 0 aromatic heterocycles. The van der Waals surface area contributed by atoms with Crippen molar-refractivity contribution in [2.75, 3.05) is 20.0 Å². The van der Waals surface area contributed by atoms with Gasteiger partial charge in [-0.15, -0.1) is 0 Å². The summed E-state index contributed by atoms with van der Waals surface area (Å²) in [5.74, 6) is 0.787. The molecule has 1 fully saturated rings. The molecule has 1 aliphatic rings. The third-order valence-corrected chi connectivity index (χ3v) is 2.09. The number of rotatable bonds is 0. The van der Waals surface area contributed by atoms with Crippen LogP contribution in [0.25, 0.3) is 0 Å². The second-order valence-electron chi connectivity index (χ2n) is 1.74. The zero-order valence-corrected chi connectivity index (χ0v) is 5.73. The van der Waals surface area contributed by atoms with Gasteiger partial charge in [-0.3, -0.25) is 4.31 Å². The highest BCUT2D eigenvalue weighted by atomic mass is 32.2. The maximum atomic E-state index is 10.7. The standard InChI is InChI=1S/C4H8N2OS/c1-5-3-8-6(2)4(5)7/h3H2,1-2H3. The van der Waals surface area contributed by atoms with Crippen LogP contribution in [0.2, 0.25) is 0 Å². The predicted molar refractivity (Wildman–Crippen MR) is 33.4 cm³/mol. The smallest absolute Gasteiger partial charge is 0.316 e. The molecule has 1 heterocycles. The molecule has 0 aromatic carbocycles. The number of carbonyl (C=O) groups is 1. The summed E-state index contributed by atoms with van der Waals surface area (Å²) < 4.78 is 1.62. The average molecular weight is 132 g/mol. The molecule has 4 heteroatoms. The lowest BCUT2D eigenvalue weighted by molar-refractivity contribution is 0.210. The van der Waals surface area contributed by atoms with Crippen LogP contribution < -0.4 is 0 Å². The molecule has 2 amide bonds. The Morgan fingerprint density at radius 3 is 2.38 bits per heavy atom. The Bertz CT molecular complexity index is 105. The minimum Gasteiger partial charge on any atom is -0.316 e. The van der Waals surface area contributed by atoms with Gasteiger partial charge in [-0.1, -0.05) is 0 Å². The fraction of sp³-hybridized carbons (Fsp3) is 0.750. The van der Waals surface area contributed by atoms with E-state index in [1.807, 2.05) is 0 Å². The Morgan fingerprint density at radius 2 is 2.25 bits per heavy atom. The van der Waals surface area contributed by atoms with Crippen LogP contribution in [0.4, 0.5) is 4.79 Å². The minimum atomic E-state index is 0.0926. The average Bonchev–Trinajstić information content (AvgIpc) is 1.98. The summed E-state index contributed by atoms with van der Waals surface area (Å²) in [6.07, 6.45) is 0. The van der Waals surface area contributed by atoms with Crippen molar-refractivity contribution in [3.63, 3.8) is 0 Å². The van der Waals surface area contributed by atoms with E-state index >= 15 is 0 Å². The van der Waals surface area contributed by atoms with Crippen molar-refractivity contribution in [2.45, 2.75) is 0 Å². The predicted octanol–water partition coefficient (Wildman–Crippen LogP) is 0.589. The van der Waals surface area contributed by atoms with Crippen LogP contribution in [0, 0.1) is 0 Å². The van der Waals surface area contributed by atoms with Crippen LogP contribution in [0.15, 0.2) is 0 Å². The summed E-state index contributed by atoms with van der Waals surface area (Å²) >= 11 is 1.52. The Labute approximate surface area is 52.8 Å². The van der Waals surface area contributed by atoms with Crippen LogP contribution in [0.5, 0.6) is 0 Å². The SMILES string of the molecule is CN1CSN(C)C1=O. The summed E-state index contributed by atoms with van der Waals surface area (Å²) in [6, 6.07) is 0.0926. The quantitative estimate of drug-likeness (QED) is 0.450. The third-order valence-electron chi connectivity index (χ3n) is 1.04. The highest BCUT2D eigenvalue weighted by molar-refractivity contribution is 7.97. The van der Waals surface area contributed by atoms with E-state index in [4.69, 9.17) is 0 Å². The van der Waals surface area contributed by atoms with E-state index in [1.54, 1.807) is 23.3 Å². The summed E-state index contributed by atoms with van der Waals surface area (Å²) in [5, 5.41) is 0. The Morgan fingerprint density at radius 1 is 1.62 bits per heavy atom. The molecule has 0 unspecified atom stereocenters. The Hall–Kier alpha value is -0.380. The van der Waals surface area contributed by atoms with Gasteiger partial charge < -0.3 is 4.90 Å². The zero-order chi connectivity index (χ0) is 6.15. The van der Waals surface area contributed by atoms with Gasteiger partial charge in [0.25, 0.3) is 0 Å². The summed E-state index contributed by atoms with van der Waals surface area (Å²) in [5.41, 5.74) is 0. The van der Waals surface area contributed by atoms with Crippen molar-refractivity contribution in [3.05, 3.63) is 0 Å². The van der Waals surface area contributed by atoms with Crippen LogP contribution in [-0.2, 0) is 0 Å². The van der Waals surface area contributed by atoms with Gasteiger partial charge in [-0.25, -0.2) is 4.79 Å². The van der Waals surface area contributed by atoms with E-state index in [9.17, 15) is 4.79 Å². The maximum Gasteiger partial charge on any atom is 0.330 e. The molecule has 46 valence electrons. The Balaban J connectivity index is 2.57. The summed E-state index contributed by atoms with van der Waals surface area (Å²) in [4.78, 5) is 12.4. The largest absolute Gasteiger partial charge is 0.330 e. The van der Waals surface area contributed by atoms with E-state index in [1.165, 1.54) is 11.9 Å². The van der Waals surface area contributed by atoms with Crippen molar-refractivity contribution in [1.29, 1.82) is 0 Å². The van der Waals surface area contributed by atoms with Gasteiger partial charge in [0.15, 0.2) is 0 Å². The van der Waals surface area contributed by atoms with E-state index in [-0.39, 0.29) is 6.03 Å².